The second-order valence-electron chi connectivity index (χ2n) is 14.1. The Hall–Kier alpha value is -4.75. The molecule has 51 heavy (non-hydrogen) atoms. The van der Waals surface area contributed by atoms with Crippen LogP contribution < -0.4 is 15.7 Å². The minimum absolute atomic E-state index is 0.0931. The molecule has 0 bridgehead atoms. The Kier molecular flexibility index (Phi) is 10.1. The number of carbonyl (C=O) groups excluding carboxylic acids is 3. The largest absolute Gasteiger partial charge is 0.426 e. The molecule has 3 amide bonds. The molecule has 2 N–H and O–H groups in total. The van der Waals surface area contributed by atoms with E-state index >= 15 is 0 Å². The zero-order valence-electron chi connectivity index (χ0n) is 29.7. The third-order valence-corrected chi connectivity index (χ3v) is 10.7. The quantitative estimate of drug-likeness (QED) is 0.220. The maximum atomic E-state index is 14.2. The second kappa shape index (κ2) is 14.8. The van der Waals surface area contributed by atoms with Crippen molar-refractivity contribution in [3.63, 3.8) is 0 Å². The number of likely N-dealkylation sites (tertiary alicyclic amines) is 1. The van der Waals surface area contributed by atoms with Gasteiger partial charge in [-0.15, -0.1) is 0 Å². The second-order valence-corrected chi connectivity index (χ2v) is 14.1. The van der Waals surface area contributed by atoms with Gasteiger partial charge in [-0.2, -0.15) is 0 Å². The Morgan fingerprint density at radius 2 is 1.63 bits per heavy atom. The smallest absolute Gasteiger partial charge is 0.326 e. The van der Waals surface area contributed by atoms with Gasteiger partial charge in [-0.3, -0.25) is 24.0 Å². The van der Waals surface area contributed by atoms with E-state index in [9.17, 15) is 19.2 Å². The third kappa shape index (κ3) is 7.36. The first-order valence-corrected chi connectivity index (χ1v) is 18.1. The summed E-state index contributed by atoms with van der Waals surface area (Å²) < 4.78 is 12.8. The van der Waals surface area contributed by atoms with E-state index in [0.717, 1.165) is 77.8 Å². The topological polar surface area (TPSA) is 142 Å². The van der Waals surface area contributed by atoms with Gasteiger partial charge in [0, 0.05) is 83.3 Å². The molecule has 3 saturated heterocycles. The molecule has 13 nitrogen and oxygen atoms in total. The van der Waals surface area contributed by atoms with Crippen LogP contribution in [0.5, 0.6) is 5.75 Å². The number of nitrogens with one attached hydrogen (secondary N) is 2. The van der Waals surface area contributed by atoms with Crippen LogP contribution in [0.1, 0.15) is 55.3 Å². The van der Waals surface area contributed by atoms with Gasteiger partial charge in [-0.1, -0.05) is 30.3 Å². The van der Waals surface area contributed by atoms with Crippen LogP contribution in [0.25, 0.3) is 21.9 Å². The number of benzene rings is 2. The van der Waals surface area contributed by atoms with Crippen LogP contribution in [-0.2, 0) is 20.7 Å². The highest BCUT2D eigenvalue weighted by molar-refractivity contribution is 6.01. The standard InChI is InChI=1S/C38H47N7O6/c1-24-20-27(21-25(2)35(24)51-26(3)46)22-32(36(47)43-16-14-42(15-17-43)28-10-18-50-19-11-28)40-37(48)44-12-8-29(9-13-44)45-33-23-39-31-7-5-4-6-30(31)34(33)41-38(45)49/h4-7,20-21,23,28-29,32H,8-19,22H2,1-3H3,(H,40,48)(H,41,49)/t32-/m1/s1. The van der Waals surface area contributed by atoms with Gasteiger partial charge in [-0.05, 0) is 62.3 Å². The number of piperidine rings is 1. The summed E-state index contributed by atoms with van der Waals surface area (Å²) in [6, 6.07) is 10.9. The van der Waals surface area contributed by atoms with E-state index in [1.807, 2.05) is 55.1 Å². The number of hydrogen-bond donors (Lipinski definition) is 2. The van der Waals surface area contributed by atoms with Crippen molar-refractivity contribution in [2.75, 3.05) is 52.5 Å². The summed E-state index contributed by atoms with van der Waals surface area (Å²) in [4.78, 5) is 66.6. The minimum atomic E-state index is -0.779. The van der Waals surface area contributed by atoms with Gasteiger partial charge in [0.2, 0.25) is 5.91 Å². The highest BCUT2D eigenvalue weighted by atomic mass is 16.5. The first-order chi connectivity index (χ1) is 24.7. The number of para-hydroxylation sites is 1. The fraction of sp³-hybridized carbons (Fsp3) is 0.500. The number of urea groups is 1. The predicted molar refractivity (Wildman–Crippen MR) is 193 cm³/mol. The van der Waals surface area contributed by atoms with E-state index in [0.29, 0.717) is 57.2 Å². The van der Waals surface area contributed by atoms with Gasteiger partial charge in [0.05, 0.1) is 22.7 Å². The van der Waals surface area contributed by atoms with Crippen LogP contribution in [0, 0.1) is 13.8 Å². The molecule has 0 saturated carbocycles. The summed E-state index contributed by atoms with van der Waals surface area (Å²) in [6.07, 6.45) is 5.25. The van der Waals surface area contributed by atoms with Gasteiger partial charge in [-0.25, -0.2) is 9.59 Å². The number of aromatic nitrogens is 3. The van der Waals surface area contributed by atoms with Gasteiger partial charge in [0.1, 0.15) is 11.8 Å². The number of ether oxygens (including phenoxy) is 2. The summed E-state index contributed by atoms with van der Waals surface area (Å²) in [5, 5.41) is 4.00. The van der Waals surface area contributed by atoms with E-state index in [4.69, 9.17) is 9.47 Å². The van der Waals surface area contributed by atoms with Crippen LogP contribution in [0.3, 0.4) is 0 Å². The molecule has 3 aliphatic heterocycles. The van der Waals surface area contributed by atoms with Crippen LogP contribution in [0.4, 0.5) is 4.79 Å². The highest BCUT2D eigenvalue weighted by Gasteiger charge is 2.34. The maximum Gasteiger partial charge on any atom is 0.326 e. The first kappa shape index (κ1) is 34.7. The van der Waals surface area contributed by atoms with E-state index < -0.39 is 12.0 Å². The Labute approximate surface area is 296 Å². The zero-order valence-corrected chi connectivity index (χ0v) is 29.7. The number of fused-ring (bicyclic) bond motifs is 3. The number of piperazine rings is 1. The summed E-state index contributed by atoms with van der Waals surface area (Å²) in [5.41, 5.74) is 4.63. The number of aromatic amines is 1. The fourth-order valence-corrected chi connectivity index (χ4v) is 8.13. The molecular formula is C38H47N7O6. The summed E-state index contributed by atoms with van der Waals surface area (Å²) in [7, 11) is 0. The maximum absolute atomic E-state index is 14.2. The Morgan fingerprint density at radius 1 is 0.941 bits per heavy atom. The van der Waals surface area contributed by atoms with Crippen molar-refractivity contribution in [3.8, 4) is 5.75 Å². The minimum Gasteiger partial charge on any atom is -0.426 e. The number of rotatable bonds is 7. The molecule has 5 heterocycles. The monoisotopic (exact) mass is 697 g/mol. The number of carbonyl (C=O) groups is 3. The van der Waals surface area contributed by atoms with Gasteiger partial charge < -0.3 is 29.6 Å². The van der Waals surface area contributed by atoms with Crippen LogP contribution in [0.15, 0.2) is 47.4 Å². The molecule has 0 radical (unpaired) electrons. The molecule has 2 aromatic heterocycles. The Balaban J connectivity index is 1.05. The predicted octanol–water partition coefficient (Wildman–Crippen LogP) is 3.70. The van der Waals surface area contributed by atoms with Crippen molar-refractivity contribution < 1.29 is 23.9 Å². The van der Waals surface area contributed by atoms with Crippen molar-refractivity contribution in [2.45, 2.75) is 71.0 Å². The van der Waals surface area contributed by atoms with Crippen molar-refractivity contribution in [1.82, 2.24) is 34.6 Å². The number of imidazole rings is 1. The van der Waals surface area contributed by atoms with Crippen molar-refractivity contribution in [1.29, 1.82) is 0 Å². The highest BCUT2D eigenvalue weighted by Crippen LogP contribution is 2.29. The summed E-state index contributed by atoms with van der Waals surface area (Å²) in [6.45, 7) is 10.3. The molecular weight excluding hydrogens is 650 g/mol. The van der Waals surface area contributed by atoms with Crippen molar-refractivity contribution in [3.05, 3.63) is 69.8 Å². The lowest BCUT2D eigenvalue weighted by Gasteiger charge is -2.41. The Morgan fingerprint density at radius 3 is 2.31 bits per heavy atom. The number of aryl methyl sites for hydroxylation is 2. The SMILES string of the molecule is CC(=O)Oc1c(C)cc(C[C@@H](NC(=O)N2CCC(n3c(=O)[nH]c4c5ccccc5ncc43)CC2)C(=O)N2CCN(C3CCOCC3)CC2)cc1C. The van der Waals surface area contributed by atoms with Crippen LogP contribution in [0.2, 0.25) is 0 Å². The molecule has 3 aliphatic rings. The average Bonchev–Trinajstić information content (AvgIpc) is 3.49. The van der Waals surface area contributed by atoms with Gasteiger partial charge >= 0.3 is 17.7 Å². The first-order valence-electron chi connectivity index (χ1n) is 18.1. The van der Waals surface area contributed by atoms with Crippen LogP contribution in [-0.4, -0.2) is 112 Å². The average molecular weight is 698 g/mol. The van der Waals surface area contributed by atoms with E-state index in [1.165, 1.54) is 6.92 Å². The fourth-order valence-electron chi connectivity index (χ4n) is 8.13. The molecule has 0 unspecified atom stereocenters. The lowest BCUT2D eigenvalue weighted by atomic mass is 9.99. The molecule has 0 aliphatic carbocycles. The molecule has 1 atom stereocenters. The number of H-pyrrole nitrogens is 1. The lowest BCUT2D eigenvalue weighted by molar-refractivity contribution is -0.135. The normalized spacial score (nSPS) is 18.6. The molecule has 13 heteroatoms. The number of amides is 3. The number of esters is 1. The molecule has 7 rings (SSSR count). The number of pyridine rings is 1. The molecule has 0 spiro atoms. The van der Waals surface area contributed by atoms with Crippen molar-refractivity contribution in [2.24, 2.45) is 0 Å². The van der Waals surface area contributed by atoms with Crippen LogP contribution >= 0.6 is 0 Å². The van der Waals surface area contributed by atoms with E-state index in [2.05, 4.69) is 20.2 Å². The molecule has 270 valence electrons. The number of hydrogen-bond acceptors (Lipinski definition) is 8. The lowest BCUT2D eigenvalue weighted by Crippen LogP contribution is -2.59. The molecule has 2 aromatic carbocycles. The van der Waals surface area contributed by atoms with Gasteiger partial charge in [0.15, 0.2) is 0 Å². The third-order valence-electron chi connectivity index (χ3n) is 10.7. The summed E-state index contributed by atoms with van der Waals surface area (Å²) >= 11 is 0. The zero-order chi connectivity index (χ0) is 35.6. The van der Waals surface area contributed by atoms with E-state index in [-0.39, 0.29) is 23.7 Å². The number of nitrogens with zero attached hydrogens (tertiary/aromatic N) is 5. The molecule has 4 aromatic rings. The Bertz CT molecular complexity index is 1960. The molecule has 3 fully saturated rings. The van der Waals surface area contributed by atoms with Crippen molar-refractivity contribution >= 4 is 39.8 Å². The van der Waals surface area contributed by atoms with Gasteiger partial charge in [0.25, 0.3) is 0 Å². The van der Waals surface area contributed by atoms with E-state index in [1.54, 1.807) is 15.7 Å². The summed E-state index contributed by atoms with van der Waals surface area (Å²) in [5.74, 6) is 0.0236.